The standard InChI is InChI=1S/C15H26O2/c1-9(2)14(17)11-7-8-15(4)12(16)6-5-10(3)13(11)15/h9,11-14,16-17H,3,5-8H2,1-2,4H3/t11-,12+,13+,14+,15-/m0/s1. The maximum absolute atomic E-state index is 10.4. The van der Waals surface area contributed by atoms with Gasteiger partial charge in [-0.2, -0.15) is 0 Å². The normalized spacial score (nSPS) is 43.9. The Kier molecular flexibility index (Phi) is 3.39. The van der Waals surface area contributed by atoms with Gasteiger partial charge in [-0.15, -0.1) is 0 Å². The molecule has 0 unspecified atom stereocenters. The molecule has 0 aromatic rings. The number of hydrogen-bond acceptors (Lipinski definition) is 2. The fourth-order valence-electron chi connectivity index (χ4n) is 4.10. The fraction of sp³-hybridized carbons (Fsp3) is 0.867. The highest BCUT2D eigenvalue weighted by Gasteiger charge is 2.54. The van der Waals surface area contributed by atoms with E-state index < -0.39 is 0 Å². The van der Waals surface area contributed by atoms with E-state index in [-0.39, 0.29) is 23.5 Å². The van der Waals surface area contributed by atoms with E-state index in [0.29, 0.717) is 11.8 Å². The molecular weight excluding hydrogens is 212 g/mol. The van der Waals surface area contributed by atoms with Gasteiger partial charge in [-0.05, 0) is 43.4 Å². The molecule has 0 bridgehead atoms. The lowest BCUT2D eigenvalue weighted by molar-refractivity contribution is -0.0320. The van der Waals surface area contributed by atoms with E-state index in [1.807, 2.05) is 0 Å². The lowest BCUT2D eigenvalue weighted by Crippen LogP contribution is -2.44. The second-order valence-corrected chi connectivity index (χ2v) is 6.63. The smallest absolute Gasteiger partial charge is 0.0602 e. The van der Waals surface area contributed by atoms with Crippen molar-refractivity contribution in [2.24, 2.45) is 23.2 Å². The summed E-state index contributed by atoms with van der Waals surface area (Å²) in [6, 6.07) is 0. The number of aliphatic hydroxyl groups excluding tert-OH is 2. The van der Waals surface area contributed by atoms with Crippen LogP contribution in [0.25, 0.3) is 0 Å². The van der Waals surface area contributed by atoms with Gasteiger partial charge in [0, 0.05) is 5.41 Å². The van der Waals surface area contributed by atoms with Crippen molar-refractivity contribution in [2.45, 2.75) is 58.7 Å². The van der Waals surface area contributed by atoms with Crippen LogP contribution in [0.1, 0.15) is 46.5 Å². The Hall–Kier alpha value is -0.340. The zero-order valence-corrected chi connectivity index (χ0v) is 11.3. The van der Waals surface area contributed by atoms with Gasteiger partial charge >= 0.3 is 0 Å². The third kappa shape index (κ3) is 1.96. The molecule has 0 aromatic heterocycles. The first-order valence-corrected chi connectivity index (χ1v) is 6.91. The molecule has 2 aliphatic carbocycles. The Labute approximate surface area is 105 Å². The molecule has 0 heterocycles. The molecule has 2 nitrogen and oxygen atoms in total. The number of rotatable bonds is 2. The van der Waals surface area contributed by atoms with Crippen molar-refractivity contribution < 1.29 is 10.2 Å². The van der Waals surface area contributed by atoms with Crippen LogP contribution in [0.4, 0.5) is 0 Å². The molecule has 98 valence electrons. The number of aliphatic hydroxyl groups is 2. The summed E-state index contributed by atoms with van der Waals surface area (Å²) < 4.78 is 0. The van der Waals surface area contributed by atoms with Crippen LogP contribution in [0.2, 0.25) is 0 Å². The van der Waals surface area contributed by atoms with Crippen molar-refractivity contribution in [3.8, 4) is 0 Å². The van der Waals surface area contributed by atoms with Crippen LogP contribution in [0.3, 0.4) is 0 Å². The molecule has 5 atom stereocenters. The van der Waals surface area contributed by atoms with Crippen molar-refractivity contribution >= 4 is 0 Å². The van der Waals surface area contributed by atoms with Gasteiger partial charge in [-0.25, -0.2) is 0 Å². The van der Waals surface area contributed by atoms with Crippen molar-refractivity contribution in [3.05, 3.63) is 12.2 Å². The molecule has 0 aromatic carbocycles. The average molecular weight is 238 g/mol. The van der Waals surface area contributed by atoms with Crippen LogP contribution in [0, 0.1) is 23.2 Å². The van der Waals surface area contributed by atoms with Gasteiger partial charge in [-0.3, -0.25) is 0 Å². The minimum Gasteiger partial charge on any atom is -0.393 e. The number of hydrogen-bond donors (Lipinski definition) is 2. The first-order valence-electron chi connectivity index (χ1n) is 6.91. The van der Waals surface area contributed by atoms with E-state index in [9.17, 15) is 10.2 Å². The first-order chi connectivity index (χ1) is 7.88. The fourth-order valence-corrected chi connectivity index (χ4v) is 4.10. The van der Waals surface area contributed by atoms with E-state index in [0.717, 1.165) is 25.7 Å². The third-order valence-electron chi connectivity index (χ3n) is 5.22. The molecule has 2 aliphatic rings. The van der Waals surface area contributed by atoms with E-state index in [2.05, 4.69) is 27.4 Å². The quantitative estimate of drug-likeness (QED) is 0.726. The molecule has 0 spiro atoms. The predicted octanol–water partition coefficient (Wildman–Crippen LogP) is 2.75. The van der Waals surface area contributed by atoms with Crippen LogP contribution in [-0.4, -0.2) is 22.4 Å². The second kappa shape index (κ2) is 4.40. The van der Waals surface area contributed by atoms with Gasteiger partial charge in [0.2, 0.25) is 0 Å². The van der Waals surface area contributed by atoms with Crippen molar-refractivity contribution in [3.63, 3.8) is 0 Å². The minimum absolute atomic E-state index is 0.0458. The van der Waals surface area contributed by atoms with Crippen molar-refractivity contribution in [1.29, 1.82) is 0 Å². The van der Waals surface area contributed by atoms with Crippen molar-refractivity contribution in [2.75, 3.05) is 0 Å². The molecule has 0 radical (unpaired) electrons. The lowest BCUT2D eigenvalue weighted by Gasteiger charge is -2.45. The van der Waals surface area contributed by atoms with Gasteiger partial charge in [0.15, 0.2) is 0 Å². The van der Waals surface area contributed by atoms with Gasteiger partial charge in [0.25, 0.3) is 0 Å². The lowest BCUT2D eigenvalue weighted by atomic mass is 9.62. The summed E-state index contributed by atoms with van der Waals surface area (Å²) in [4.78, 5) is 0. The maximum Gasteiger partial charge on any atom is 0.0602 e. The summed E-state index contributed by atoms with van der Waals surface area (Å²) in [6.45, 7) is 10.5. The molecule has 2 N–H and O–H groups in total. The Morgan fingerprint density at radius 1 is 1.35 bits per heavy atom. The molecule has 0 amide bonds. The average Bonchev–Trinajstić information content (AvgIpc) is 2.63. The van der Waals surface area contributed by atoms with Gasteiger partial charge in [0.05, 0.1) is 12.2 Å². The summed E-state index contributed by atoms with van der Waals surface area (Å²) in [5.41, 5.74) is 1.20. The number of fused-ring (bicyclic) bond motifs is 1. The first kappa shape index (κ1) is 13.1. The molecular formula is C15H26O2. The minimum atomic E-state index is -0.260. The van der Waals surface area contributed by atoms with Crippen LogP contribution in [0.5, 0.6) is 0 Å². The monoisotopic (exact) mass is 238 g/mol. The highest BCUT2D eigenvalue weighted by atomic mass is 16.3. The molecule has 2 rings (SSSR count). The van der Waals surface area contributed by atoms with E-state index >= 15 is 0 Å². The number of allylic oxidation sites excluding steroid dienone is 1. The summed E-state index contributed by atoms with van der Waals surface area (Å²) in [7, 11) is 0. The van der Waals surface area contributed by atoms with Gasteiger partial charge in [-0.1, -0.05) is 32.9 Å². The van der Waals surface area contributed by atoms with Crippen LogP contribution in [-0.2, 0) is 0 Å². The zero-order chi connectivity index (χ0) is 12.8. The second-order valence-electron chi connectivity index (χ2n) is 6.63. The molecule has 0 saturated heterocycles. The van der Waals surface area contributed by atoms with E-state index in [4.69, 9.17) is 0 Å². The Balaban J connectivity index is 2.26. The Morgan fingerprint density at radius 3 is 2.59 bits per heavy atom. The molecule has 2 saturated carbocycles. The van der Waals surface area contributed by atoms with Gasteiger partial charge < -0.3 is 10.2 Å². The molecule has 2 fully saturated rings. The third-order valence-corrected chi connectivity index (χ3v) is 5.22. The molecule has 0 aliphatic heterocycles. The largest absolute Gasteiger partial charge is 0.393 e. The van der Waals surface area contributed by atoms with Crippen molar-refractivity contribution in [1.82, 2.24) is 0 Å². The predicted molar refractivity (Wildman–Crippen MR) is 69.5 cm³/mol. The Bertz CT molecular complexity index is 310. The highest BCUT2D eigenvalue weighted by Crippen LogP contribution is 2.57. The topological polar surface area (TPSA) is 40.5 Å². The summed E-state index contributed by atoms with van der Waals surface area (Å²) in [5, 5.41) is 20.6. The van der Waals surface area contributed by atoms with Crippen LogP contribution < -0.4 is 0 Å². The van der Waals surface area contributed by atoms with Crippen LogP contribution in [0.15, 0.2) is 12.2 Å². The summed E-state index contributed by atoms with van der Waals surface area (Å²) in [5.74, 6) is 0.889. The van der Waals surface area contributed by atoms with Gasteiger partial charge in [0.1, 0.15) is 0 Å². The molecule has 17 heavy (non-hydrogen) atoms. The SMILES string of the molecule is C=C1CC[C@@H](O)[C@]2(C)CC[C@H]([C@H](O)C(C)C)[C@@H]12. The summed E-state index contributed by atoms with van der Waals surface area (Å²) >= 11 is 0. The molecule has 2 heteroatoms. The van der Waals surface area contributed by atoms with Crippen LogP contribution >= 0.6 is 0 Å². The highest BCUT2D eigenvalue weighted by molar-refractivity contribution is 5.18. The zero-order valence-electron chi connectivity index (χ0n) is 11.3. The van der Waals surface area contributed by atoms with E-state index in [1.165, 1.54) is 5.57 Å². The maximum atomic E-state index is 10.4. The van der Waals surface area contributed by atoms with E-state index in [1.54, 1.807) is 0 Å². The summed E-state index contributed by atoms with van der Waals surface area (Å²) in [6.07, 6.45) is 3.33. The Morgan fingerprint density at radius 2 is 2.00 bits per heavy atom.